The molecule has 27 heavy (non-hydrogen) atoms. The van der Waals surface area contributed by atoms with Crippen molar-refractivity contribution in [2.24, 2.45) is 5.92 Å². The van der Waals surface area contributed by atoms with Crippen molar-refractivity contribution in [1.82, 2.24) is 10.6 Å². The Hall–Kier alpha value is -2.37. The zero-order chi connectivity index (χ0) is 19.5. The van der Waals surface area contributed by atoms with Crippen LogP contribution in [-0.4, -0.2) is 30.8 Å². The van der Waals surface area contributed by atoms with Crippen molar-refractivity contribution >= 4 is 23.4 Å². The fourth-order valence-electron chi connectivity index (χ4n) is 3.34. The van der Waals surface area contributed by atoms with Gasteiger partial charge in [0.05, 0.1) is 0 Å². The third-order valence-corrected chi connectivity index (χ3v) is 4.99. The van der Waals surface area contributed by atoms with Gasteiger partial charge in [0, 0.05) is 37.2 Å². The number of hydrogen-bond donors (Lipinski definition) is 3. The molecule has 0 saturated heterocycles. The molecule has 0 aliphatic heterocycles. The van der Waals surface area contributed by atoms with E-state index < -0.39 is 0 Å². The lowest BCUT2D eigenvalue weighted by Gasteiger charge is -2.21. The van der Waals surface area contributed by atoms with Crippen molar-refractivity contribution < 1.29 is 14.4 Å². The first kappa shape index (κ1) is 20.9. The van der Waals surface area contributed by atoms with Gasteiger partial charge in [0.15, 0.2) is 0 Å². The second kappa shape index (κ2) is 11.4. The Bertz CT molecular complexity index is 622. The van der Waals surface area contributed by atoms with E-state index in [1.807, 2.05) is 0 Å². The minimum atomic E-state index is -0.198. The van der Waals surface area contributed by atoms with Crippen LogP contribution < -0.4 is 16.0 Å². The molecular formula is C21H31N3O3. The number of benzene rings is 1. The van der Waals surface area contributed by atoms with Gasteiger partial charge in [-0.15, -0.1) is 0 Å². The molecule has 1 aromatic carbocycles. The summed E-state index contributed by atoms with van der Waals surface area (Å²) in [5, 5.41) is 8.36. The third kappa shape index (κ3) is 7.81. The molecule has 1 saturated carbocycles. The van der Waals surface area contributed by atoms with Crippen LogP contribution in [0.3, 0.4) is 0 Å². The Morgan fingerprint density at radius 1 is 0.926 bits per heavy atom. The number of nitrogens with one attached hydrogen (secondary N) is 3. The highest BCUT2D eigenvalue weighted by Crippen LogP contribution is 2.27. The minimum absolute atomic E-state index is 0.0319. The summed E-state index contributed by atoms with van der Waals surface area (Å²) in [6.07, 6.45) is 8.36. The third-order valence-electron chi connectivity index (χ3n) is 4.99. The first-order valence-electron chi connectivity index (χ1n) is 10.0. The van der Waals surface area contributed by atoms with Crippen LogP contribution in [0.1, 0.15) is 68.6 Å². The van der Waals surface area contributed by atoms with E-state index >= 15 is 0 Å². The van der Waals surface area contributed by atoms with Gasteiger partial charge in [-0.25, -0.2) is 0 Å². The summed E-state index contributed by atoms with van der Waals surface area (Å²) in [6, 6.07) is 6.87. The van der Waals surface area contributed by atoms with Crippen LogP contribution in [0.5, 0.6) is 0 Å². The maximum Gasteiger partial charge on any atom is 0.251 e. The Morgan fingerprint density at radius 2 is 1.59 bits per heavy atom. The van der Waals surface area contributed by atoms with Crippen molar-refractivity contribution in [2.45, 2.75) is 58.3 Å². The Kier molecular flexibility index (Phi) is 8.81. The number of carbonyl (C=O) groups excluding carboxylic acids is 3. The van der Waals surface area contributed by atoms with E-state index in [0.717, 1.165) is 6.42 Å². The van der Waals surface area contributed by atoms with Crippen LogP contribution in [0.2, 0.25) is 0 Å². The average molecular weight is 373 g/mol. The highest BCUT2D eigenvalue weighted by atomic mass is 16.2. The van der Waals surface area contributed by atoms with Gasteiger partial charge in [-0.2, -0.15) is 0 Å². The highest BCUT2D eigenvalue weighted by molar-refractivity contribution is 5.95. The standard InChI is InChI=1S/C21H31N3O3/c1-2-19(25)22-14-15-23-21(27)17-9-11-18(12-10-17)24-20(26)13-8-16-6-4-3-5-7-16/h9-12,16H,2-8,13-15H2,1H3,(H,22,25)(H,23,27)(H,24,26). The molecule has 0 spiro atoms. The van der Waals surface area contributed by atoms with Crippen molar-refractivity contribution in [3.63, 3.8) is 0 Å². The molecule has 6 heteroatoms. The van der Waals surface area contributed by atoms with Crippen LogP contribution in [0, 0.1) is 5.92 Å². The molecule has 0 unspecified atom stereocenters. The molecule has 148 valence electrons. The molecule has 1 aliphatic rings. The van der Waals surface area contributed by atoms with Crippen molar-refractivity contribution in [3.05, 3.63) is 29.8 Å². The summed E-state index contributed by atoms with van der Waals surface area (Å²) < 4.78 is 0. The average Bonchev–Trinajstić information content (AvgIpc) is 2.70. The summed E-state index contributed by atoms with van der Waals surface area (Å²) >= 11 is 0. The summed E-state index contributed by atoms with van der Waals surface area (Å²) in [5.41, 5.74) is 1.23. The molecule has 1 aromatic rings. The summed E-state index contributed by atoms with van der Waals surface area (Å²) in [7, 11) is 0. The van der Waals surface area contributed by atoms with Crippen LogP contribution >= 0.6 is 0 Å². The fourth-order valence-corrected chi connectivity index (χ4v) is 3.34. The van der Waals surface area contributed by atoms with Crippen LogP contribution in [0.15, 0.2) is 24.3 Å². The fraction of sp³-hybridized carbons (Fsp3) is 0.571. The summed E-state index contributed by atoms with van der Waals surface area (Å²) in [6.45, 7) is 2.57. The largest absolute Gasteiger partial charge is 0.354 e. The monoisotopic (exact) mass is 373 g/mol. The summed E-state index contributed by atoms with van der Waals surface area (Å²) in [4.78, 5) is 35.3. The normalized spacial score (nSPS) is 14.4. The zero-order valence-corrected chi connectivity index (χ0v) is 16.2. The van der Waals surface area contributed by atoms with Gasteiger partial charge >= 0.3 is 0 Å². The van der Waals surface area contributed by atoms with Crippen LogP contribution in [0.4, 0.5) is 5.69 Å². The predicted molar refractivity (Wildman–Crippen MR) is 107 cm³/mol. The van der Waals surface area contributed by atoms with E-state index in [1.54, 1.807) is 31.2 Å². The molecule has 1 fully saturated rings. The molecule has 3 amide bonds. The minimum Gasteiger partial charge on any atom is -0.354 e. The lowest BCUT2D eigenvalue weighted by molar-refractivity contribution is -0.120. The molecule has 0 aromatic heterocycles. The van der Waals surface area contributed by atoms with E-state index in [0.29, 0.717) is 43.1 Å². The second-order valence-corrected chi connectivity index (χ2v) is 7.13. The Morgan fingerprint density at radius 3 is 2.26 bits per heavy atom. The highest BCUT2D eigenvalue weighted by Gasteiger charge is 2.15. The number of carbonyl (C=O) groups is 3. The van der Waals surface area contributed by atoms with Crippen molar-refractivity contribution in [1.29, 1.82) is 0 Å². The van der Waals surface area contributed by atoms with Gasteiger partial charge < -0.3 is 16.0 Å². The summed E-state index contributed by atoms with van der Waals surface area (Å²) in [5.74, 6) is 0.492. The van der Waals surface area contributed by atoms with Gasteiger partial charge in [-0.3, -0.25) is 14.4 Å². The van der Waals surface area contributed by atoms with Gasteiger partial charge in [-0.05, 0) is 36.6 Å². The topological polar surface area (TPSA) is 87.3 Å². The Labute approximate surface area is 161 Å². The molecule has 1 aliphatic carbocycles. The molecule has 0 radical (unpaired) electrons. The lowest BCUT2D eigenvalue weighted by atomic mass is 9.86. The van der Waals surface area contributed by atoms with E-state index in [2.05, 4.69) is 16.0 Å². The maximum absolute atomic E-state index is 12.1. The number of anilines is 1. The molecular weight excluding hydrogens is 342 g/mol. The predicted octanol–water partition coefficient (Wildman–Crippen LogP) is 3.24. The number of rotatable bonds is 9. The first-order chi connectivity index (χ1) is 13.1. The maximum atomic E-state index is 12.1. The molecule has 3 N–H and O–H groups in total. The zero-order valence-electron chi connectivity index (χ0n) is 16.2. The Balaban J connectivity index is 1.69. The number of amides is 3. The molecule has 0 heterocycles. The van der Waals surface area contributed by atoms with E-state index in [9.17, 15) is 14.4 Å². The van der Waals surface area contributed by atoms with Crippen molar-refractivity contribution in [3.8, 4) is 0 Å². The van der Waals surface area contributed by atoms with Crippen LogP contribution in [0.25, 0.3) is 0 Å². The smallest absolute Gasteiger partial charge is 0.251 e. The van der Waals surface area contributed by atoms with Gasteiger partial charge in [0.25, 0.3) is 5.91 Å². The van der Waals surface area contributed by atoms with Crippen LogP contribution in [-0.2, 0) is 9.59 Å². The van der Waals surface area contributed by atoms with Gasteiger partial charge in [-0.1, -0.05) is 39.0 Å². The first-order valence-corrected chi connectivity index (χ1v) is 10.0. The van der Waals surface area contributed by atoms with Crippen molar-refractivity contribution in [2.75, 3.05) is 18.4 Å². The molecule has 0 bridgehead atoms. The lowest BCUT2D eigenvalue weighted by Crippen LogP contribution is -2.34. The number of hydrogen-bond acceptors (Lipinski definition) is 3. The molecule has 0 atom stereocenters. The van der Waals surface area contributed by atoms with E-state index in [4.69, 9.17) is 0 Å². The van der Waals surface area contributed by atoms with E-state index in [-0.39, 0.29) is 17.7 Å². The second-order valence-electron chi connectivity index (χ2n) is 7.13. The van der Waals surface area contributed by atoms with E-state index in [1.165, 1.54) is 32.1 Å². The van der Waals surface area contributed by atoms with Gasteiger partial charge in [0.1, 0.15) is 0 Å². The molecule has 2 rings (SSSR count). The quantitative estimate of drug-likeness (QED) is 0.581. The van der Waals surface area contributed by atoms with Gasteiger partial charge in [0.2, 0.25) is 11.8 Å². The molecule has 6 nitrogen and oxygen atoms in total. The SMILES string of the molecule is CCC(=O)NCCNC(=O)c1ccc(NC(=O)CCC2CCCCC2)cc1.